The third-order valence-corrected chi connectivity index (χ3v) is 5.47. The van der Waals surface area contributed by atoms with Crippen LogP contribution in [0.2, 0.25) is 0 Å². The Hall–Kier alpha value is -2.82. The zero-order chi connectivity index (χ0) is 19.1. The topological polar surface area (TPSA) is 54.3 Å². The largest absolute Gasteiger partial charge is 0.346 e. The summed E-state index contributed by atoms with van der Waals surface area (Å²) < 4.78 is 2.37. The number of carbonyl (C=O) groups is 2. The molecule has 2 amide bonds. The smallest absolute Gasteiger partial charge is 0.248 e. The van der Waals surface area contributed by atoms with Gasteiger partial charge in [-0.1, -0.05) is 0 Å². The van der Waals surface area contributed by atoms with Crippen molar-refractivity contribution in [3.63, 3.8) is 0 Å². The summed E-state index contributed by atoms with van der Waals surface area (Å²) in [6.07, 6.45) is 6.80. The highest BCUT2D eigenvalue weighted by atomic mass is 16.2. The van der Waals surface area contributed by atoms with Crippen LogP contribution in [-0.2, 0) is 16.0 Å². The van der Waals surface area contributed by atoms with Crippen LogP contribution in [-0.4, -0.2) is 22.9 Å². The molecule has 1 aromatic carbocycles. The number of aryl methyl sites for hydroxylation is 1. The fraction of sp³-hybridized carbons (Fsp3) is 0.364. The molecule has 0 spiro atoms. The standard InChI is InChI=1S/C22H25N3O2/c1-14-12-17(15(2)25(14)20-6-7-20)4-9-22(27)23-19-5-8-21-18(13-19)10-11-24(21)16(3)26/h4-5,8-9,12-13,20H,6-7,10-11H2,1-3H3,(H,23,27). The molecule has 0 unspecified atom stereocenters. The van der Waals surface area contributed by atoms with Crippen molar-refractivity contribution >= 4 is 29.3 Å². The van der Waals surface area contributed by atoms with Gasteiger partial charge in [0, 0.05) is 48.3 Å². The number of nitrogens with zero attached hydrogens (tertiary/aromatic N) is 2. The first-order chi connectivity index (χ1) is 12.9. The number of carbonyl (C=O) groups excluding carboxylic acids is 2. The van der Waals surface area contributed by atoms with E-state index in [0.29, 0.717) is 12.6 Å². The number of fused-ring (bicyclic) bond motifs is 1. The molecule has 1 fully saturated rings. The van der Waals surface area contributed by atoms with Gasteiger partial charge in [-0.25, -0.2) is 0 Å². The maximum Gasteiger partial charge on any atom is 0.248 e. The van der Waals surface area contributed by atoms with Crippen LogP contribution < -0.4 is 10.2 Å². The van der Waals surface area contributed by atoms with E-state index in [1.807, 2.05) is 24.3 Å². The van der Waals surface area contributed by atoms with Crippen LogP contribution >= 0.6 is 0 Å². The third-order valence-electron chi connectivity index (χ3n) is 5.47. The summed E-state index contributed by atoms with van der Waals surface area (Å²) in [6.45, 7) is 6.52. The van der Waals surface area contributed by atoms with Gasteiger partial charge in [0.15, 0.2) is 0 Å². The normalized spacial score (nSPS) is 16.0. The Balaban J connectivity index is 1.45. The van der Waals surface area contributed by atoms with Gasteiger partial charge in [-0.15, -0.1) is 0 Å². The summed E-state index contributed by atoms with van der Waals surface area (Å²) in [6, 6.07) is 8.51. The second-order valence-electron chi connectivity index (χ2n) is 7.51. The lowest BCUT2D eigenvalue weighted by atomic mass is 10.1. The van der Waals surface area contributed by atoms with E-state index in [1.54, 1.807) is 17.9 Å². The Labute approximate surface area is 159 Å². The van der Waals surface area contributed by atoms with Crippen LogP contribution in [0.15, 0.2) is 30.3 Å². The summed E-state index contributed by atoms with van der Waals surface area (Å²) in [7, 11) is 0. The van der Waals surface area contributed by atoms with E-state index in [9.17, 15) is 9.59 Å². The van der Waals surface area contributed by atoms with Crippen molar-refractivity contribution in [2.75, 3.05) is 16.8 Å². The molecule has 2 aliphatic rings. The summed E-state index contributed by atoms with van der Waals surface area (Å²) in [4.78, 5) is 25.7. The second-order valence-corrected chi connectivity index (χ2v) is 7.51. The minimum Gasteiger partial charge on any atom is -0.346 e. The van der Waals surface area contributed by atoms with Crippen LogP contribution in [0.25, 0.3) is 6.08 Å². The van der Waals surface area contributed by atoms with Crippen molar-refractivity contribution < 1.29 is 9.59 Å². The van der Waals surface area contributed by atoms with Gasteiger partial charge >= 0.3 is 0 Å². The number of nitrogens with one attached hydrogen (secondary N) is 1. The molecule has 1 aromatic heterocycles. The van der Waals surface area contributed by atoms with Gasteiger partial charge in [0.25, 0.3) is 0 Å². The highest BCUT2D eigenvalue weighted by molar-refractivity contribution is 6.02. The summed E-state index contributed by atoms with van der Waals surface area (Å²) in [5, 5.41) is 2.93. The van der Waals surface area contributed by atoms with E-state index in [0.717, 1.165) is 28.9 Å². The first-order valence-electron chi connectivity index (χ1n) is 9.52. The molecular formula is C22H25N3O2. The van der Waals surface area contributed by atoms with Crippen LogP contribution in [0.1, 0.15) is 48.3 Å². The van der Waals surface area contributed by atoms with Gasteiger partial charge < -0.3 is 14.8 Å². The molecule has 0 saturated heterocycles. The summed E-state index contributed by atoms with van der Waals surface area (Å²) in [5.74, 6) is -0.0927. The molecule has 140 valence electrons. The Morgan fingerprint density at radius 2 is 1.96 bits per heavy atom. The zero-order valence-corrected chi connectivity index (χ0v) is 16.1. The van der Waals surface area contributed by atoms with Crippen molar-refractivity contribution in [3.8, 4) is 0 Å². The molecule has 0 atom stereocenters. The third kappa shape index (κ3) is 3.42. The minimum absolute atomic E-state index is 0.0530. The fourth-order valence-electron chi connectivity index (χ4n) is 4.02. The Kier molecular flexibility index (Phi) is 4.38. The highest BCUT2D eigenvalue weighted by Crippen LogP contribution is 2.38. The number of amides is 2. The molecule has 2 heterocycles. The molecule has 1 aliphatic heterocycles. The van der Waals surface area contributed by atoms with Crippen molar-refractivity contribution in [2.24, 2.45) is 0 Å². The number of hydrogen-bond acceptors (Lipinski definition) is 2. The molecule has 0 radical (unpaired) electrons. The molecule has 5 heteroatoms. The Morgan fingerprint density at radius 3 is 2.67 bits per heavy atom. The molecule has 5 nitrogen and oxygen atoms in total. The van der Waals surface area contributed by atoms with Crippen molar-refractivity contribution in [1.29, 1.82) is 0 Å². The number of hydrogen-bond donors (Lipinski definition) is 1. The van der Waals surface area contributed by atoms with Crippen LogP contribution in [0.3, 0.4) is 0 Å². The average Bonchev–Trinajstić information content (AvgIpc) is 3.28. The molecule has 4 rings (SSSR count). The predicted octanol–water partition coefficient (Wildman–Crippen LogP) is 4.00. The maximum absolute atomic E-state index is 12.3. The SMILES string of the molecule is CC(=O)N1CCc2cc(NC(=O)C=Cc3cc(C)n(C4CC4)c3C)ccc21. The lowest BCUT2D eigenvalue weighted by Gasteiger charge is -2.14. The minimum atomic E-state index is -0.146. The van der Waals surface area contributed by atoms with Gasteiger partial charge in [0.1, 0.15) is 0 Å². The van der Waals surface area contributed by atoms with Gasteiger partial charge in [0.2, 0.25) is 11.8 Å². The predicted molar refractivity (Wildman–Crippen MR) is 108 cm³/mol. The second kappa shape index (κ2) is 6.72. The van der Waals surface area contributed by atoms with E-state index in [4.69, 9.17) is 0 Å². The molecule has 1 N–H and O–H groups in total. The molecule has 2 aromatic rings. The van der Waals surface area contributed by atoms with Crippen molar-refractivity contribution in [1.82, 2.24) is 4.57 Å². The fourth-order valence-corrected chi connectivity index (χ4v) is 4.02. The average molecular weight is 363 g/mol. The van der Waals surface area contributed by atoms with E-state index < -0.39 is 0 Å². The summed E-state index contributed by atoms with van der Waals surface area (Å²) >= 11 is 0. The van der Waals surface area contributed by atoms with E-state index >= 15 is 0 Å². The van der Waals surface area contributed by atoms with Crippen LogP contribution in [0.4, 0.5) is 11.4 Å². The molecule has 27 heavy (non-hydrogen) atoms. The number of rotatable bonds is 4. The maximum atomic E-state index is 12.3. The first-order valence-corrected chi connectivity index (χ1v) is 9.52. The molecule has 1 aliphatic carbocycles. The van der Waals surface area contributed by atoms with Gasteiger partial charge in [-0.3, -0.25) is 9.59 Å². The van der Waals surface area contributed by atoms with Gasteiger partial charge in [-0.05, 0) is 74.6 Å². The Morgan fingerprint density at radius 1 is 1.19 bits per heavy atom. The van der Waals surface area contributed by atoms with Crippen molar-refractivity contribution in [3.05, 3.63) is 52.9 Å². The number of anilines is 2. The number of aromatic nitrogens is 1. The molecular weight excluding hydrogens is 338 g/mol. The Bertz CT molecular complexity index is 951. The van der Waals surface area contributed by atoms with Crippen molar-refractivity contribution in [2.45, 2.75) is 46.1 Å². The monoisotopic (exact) mass is 363 g/mol. The summed E-state index contributed by atoms with van der Waals surface area (Å²) in [5.41, 5.74) is 6.38. The molecule has 1 saturated carbocycles. The lowest BCUT2D eigenvalue weighted by Crippen LogP contribution is -2.25. The molecule has 0 bridgehead atoms. The van der Waals surface area contributed by atoms with E-state index in [2.05, 4.69) is 29.8 Å². The number of benzene rings is 1. The zero-order valence-electron chi connectivity index (χ0n) is 16.1. The first kappa shape index (κ1) is 17.6. The van der Waals surface area contributed by atoms with E-state index in [1.165, 1.54) is 24.2 Å². The lowest BCUT2D eigenvalue weighted by molar-refractivity contribution is -0.116. The van der Waals surface area contributed by atoms with E-state index in [-0.39, 0.29) is 11.8 Å². The van der Waals surface area contributed by atoms with Gasteiger partial charge in [-0.2, -0.15) is 0 Å². The van der Waals surface area contributed by atoms with Crippen LogP contribution in [0, 0.1) is 13.8 Å². The highest BCUT2D eigenvalue weighted by Gasteiger charge is 2.26. The quantitative estimate of drug-likeness (QED) is 0.835. The van der Waals surface area contributed by atoms with Crippen LogP contribution in [0.5, 0.6) is 0 Å². The van der Waals surface area contributed by atoms with Gasteiger partial charge in [0.05, 0.1) is 0 Å².